The molecule has 3 aromatic rings. The molecule has 2 heterocycles. The van der Waals surface area contributed by atoms with Crippen molar-refractivity contribution in [2.75, 3.05) is 0 Å². The van der Waals surface area contributed by atoms with Gasteiger partial charge in [0.25, 0.3) is 5.56 Å². The van der Waals surface area contributed by atoms with Crippen LogP contribution in [0.1, 0.15) is 31.4 Å². The zero-order valence-electron chi connectivity index (χ0n) is 14.1. The van der Waals surface area contributed by atoms with E-state index in [9.17, 15) is 9.59 Å². The van der Waals surface area contributed by atoms with Crippen molar-refractivity contribution in [3.05, 3.63) is 64.6 Å². The molecule has 0 bridgehead atoms. The molecule has 1 aromatic carbocycles. The second-order valence-corrected chi connectivity index (χ2v) is 6.12. The molecule has 0 saturated heterocycles. The Labute approximate surface area is 145 Å². The Morgan fingerprint density at radius 1 is 1.24 bits per heavy atom. The van der Waals surface area contributed by atoms with Crippen molar-refractivity contribution >= 4 is 16.8 Å². The highest BCUT2D eigenvalue weighted by Crippen LogP contribution is 2.08. The molecule has 0 aliphatic heterocycles. The number of aromatic nitrogens is 2. The fourth-order valence-electron chi connectivity index (χ4n) is 2.72. The first-order chi connectivity index (χ1) is 12.1. The Balaban J connectivity index is 1.51. The molecule has 0 spiro atoms. The maximum absolute atomic E-state index is 12.1. The zero-order valence-corrected chi connectivity index (χ0v) is 14.1. The Morgan fingerprint density at radius 2 is 2.08 bits per heavy atom. The molecule has 6 nitrogen and oxygen atoms in total. The van der Waals surface area contributed by atoms with Crippen molar-refractivity contribution in [1.29, 1.82) is 0 Å². The van der Waals surface area contributed by atoms with Crippen LogP contribution in [0.4, 0.5) is 0 Å². The largest absolute Gasteiger partial charge is 0.469 e. The summed E-state index contributed by atoms with van der Waals surface area (Å²) in [5.41, 5.74) is 0.473. The van der Waals surface area contributed by atoms with Gasteiger partial charge >= 0.3 is 0 Å². The van der Waals surface area contributed by atoms with Crippen molar-refractivity contribution in [3.63, 3.8) is 0 Å². The molecule has 0 aliphatic rings. The molecule has 0 saturated carbocycles. The standard InChI is InChI=1S/C19H21N3O3/c1-13(8-9-14-5-4-12-25-14)20-18(23)11-10-17-21-16-7-3-2-6-15(16)19(24)22-17/h2-7,12-13H,8-11H2,1H3,(H,20,23)(H,21,22,24)/t13-/m0/s1. The molecule has 0 fully saturated rings. The van der Waals surface area contributed by atoms with Crippen LogP contribution in [0.3, 0.4) is 0 Å². The molecular formula is C19H21N3O3. The second-order valence-electron chi connectivity index (χ2n) is 6.12. The van der Waals surface area contributed by atoms with Crippen LogP contribution in [0.25, 0.3) is 10.9 Å². The molecule has 2 aromatic heterocycles. The van der Waals surface area contributed by atoms with Crippen molar-refractivity contribution in [2.24, 2.45) is 0 Å². The molecule has 0 radical (unpaired) electrons. The van der Waals surface area contributed by atoms with Crippen LogP contribution >= 0.6 is 0 Å². The summed E-state index contributed by atoms with van der Waals surface area (Å²) in [7, 11) is 0. The molecule has 1 atom stereocenters. The monoisotopic (exact) mass is 339 g/mol. The summed E-state index contributed by atoms with van der Waals surface area (Å²) in [6, 6.07) is 11.0. The third-order valence-corrected chi connectivity index (χ3v) is 4.06. The minimum atomic E-state index is -0.173. The number of amides is 1. The van der Waals surface area contributed by atoms with Crippen LogP contribution in [-0.4, -0.2) is 21.9 Å². The number of hydrogen-bond acceptors (Lipinski definition) is 4. The maximum Gasteiger partial charge on any atom is 0.258 e. The van der Waals surface area contributed by atoms with Gasteiger partial charge in [0.05, 0.1) is 17.2 Å². The normalized spacial score (nSPS) is 12.2. The fraction of sp³-hybridized carbons (Fsp3) is 0.316. The number of hydrogen-bond donors (Lipinski definition) is 2. The van der Waals surface area contributed by atoms with Gasteiger partial charge in [-0.25, -0.2) is 4.98 Å². The number of carbonyl (C=O) groups excluding carboxylic acids is 1. The molecule has 25 heavy (non-hydrogen) atoms. The van der Waals surface area contributed by atoms with Crippen LogP contribution in [0.5, 0.6) is 0 Å². The highest BCUT2D eigenvalue weighted by atomic mass is 16.3. The number of benzene rings is 1. The van der Waals surface area contributed by atoms with Crippen molar-refractivity contribution in [1.82, 2.24) is 15.3 Å². The van der Waals surface area contributed by atoms with E-state index in [0.717, 1.165) is 18.6 Å². The molecule has 3 rings (SSSR count). The van der Waals surface area contributed by atoms with E-state index in [1.54, 1.807) is 24.5 Å². The Hall–Kier alpha value is -2.89. The summed E-state index contributed by atoms with van der Waals surface area (Å²) in [5, 5.41) is 3.52. The molecule has 6 heteroatoms. The van der Waals surface area contributed by atoms with Gasteiger partial charge in [-0.05, 0) is 37.6 Å². The Bertz CT molecular complexity index is 900. The van der Waals surface area contributed by atoms with Crippen LogP contribution in [0, 0.1) is 0 Å². The lowest BCUT2D eigenvalue weighted by Gasteiger charge is -2.13. The molecular weight excluding hydrogens is 318 g/mol. The Morgan fingerprint density at radius 3 is 2.88 bits per heavy atom. The van der Waals surface area contributed by atoms with Crippen LogP contribution in [0.15, 0.2) is 51.9 Å². The van der Waals surface area contributed by atoms with E-state index >= 15 is 0 Å². The van der Waals surface area contributed by atoms with E-state index in [1.165, 1.54) is 0 Å². The van der Waals surface area contributed by atoms with E-state index in [4.69, 9.17) is 4.42 Å². The summed E-state index contributed by atoms with van der Waals surface area (Å²) < 4.78 is 5.29. The number of H-pyrrole nitrogens is 1. The van der Waals surface area contributed by atoms with E-state index in [0.29, 0.717) is 23.1 Å². The summed E-state index contributed by atoms with van der Waals surface area (Å²) in [6.45, 7) is 1.97. The number of para-hydroxylation sites is 1. The number of aryl methyl sites for hydroxylation is 2. The lowest BCUT2D eigenvalue weighted by molar-refractivity contribution is -0.121. The molecule has 0 aliphatic carbocycles. The summed E-state index contributed by atoms with van der Waals surface area (Å²) >= 11 is 0. The van der Waals surface area contributed by atoms with Gasteiger partial charge in [-0.15, -0.1) is 0 Å². The predicted octanol–water partition coefficient (Wildman–Crippen LogP) is 2.59. The van der Waals surface area contributed by atoms with E-state index in [2.05, 4.69) is 15.3 Å². The SMILES string of the molecule is C[C@@H](CCc1ccco1)NC(=O)CCc1nc2ccccc2c(=O)[nH]1. The first-order valence-electron chi connectivity index (χ1n) is 8.41. The highest BCUT2D eigenvalue weighted by molar-refractivity contribution is 5.78. The van der Waals surface area contributed by atoms with Crippen molar-refractivity contribution in [3.8, 4) is 0 Å². The fourth-order valence-corrected chi connectivity index (χ4v) is 2.72. The predicted molar refractivity (Wildman–Crippen MR) is 95.3 cm³/mol. The minimum absolute atomic E-state index is 0.0530. The average Bonchev–Trinajstić information content (AvgIpc) is 3.12. The van der Waals surface area contributed by atoms with Gasteiger partial charge in [-0.1, -0.05) is 12.1 Å². The second kappa shape index (κ2) is 7.79. The number of furan rings is 1. The first-order valence-corrected chi connectivity index (χ1v) is 8.41. The van der Waals surface area contributed by atoms with Gasteiger partial charge in [-0.2, -0.15) is 0 Å². The Kier molecular flexibility index (Phi) is 5.28. The number of carbonyl (C=O) groups is 1. The summed E-state index contributed by atoms with van der Waals surface area (Å²) in [4.78, 5) is 31.2. The van der Waals surface area contributed by atoms with Gasteiger partial charge < -0.3 is 14.7 Å². The van der Waals surface area contributed by atoms with Crippen LogP contribution in [0.2, 0.25) is 0 Å². The number of nitrogens with zero attached hydrogens (tertiary/aromatic N) is 1. The third-order valence-electron chi connectivity index (χ3n) is 4.06. The number of rotatable bonds is 7. The van der Waals surface area contributed by atoms with Crippen LogP contribution in [-0.2, 0) is 17.6 Å². The van der Waals surface area contributed by atoms with Gasteiger partial charge in [-0.3, -0.25) is 9.59 Å². The molecule has 1 amide bonds. The van der Waals surface area contributed by atoms with Gasteiger partial charge in [0.1, 0.15) is 11.6 Å². The third kappa shape index (κ3) is 4.56. The minimum Gasteiger partial charge on any atom is -0.469 e. The first kappa shape index (κ1) is 17.0. The molecule has 0 unspecified atom stereocenters. The smallest absolute Gasteiger partial charge is 0.258 e. The van der Waals surface area contributed by atoms with E-state index in [-0.39, 0.29) is 23.9 Å². The lowest BCUT2D eigenvalue weighted by Crippen LogP contribution is -2.33. The molecule has 2 N–H and O–H groups in total. The van der Waals surface area contributed by atoms with E-state index in [1.807, 2.05) is 25.1 Å². The van der Waals surface area contributed by atoms with Crippen molar-refractivity contribution in [2.45, 2.75) is 38.6 Å². The highest BCUT2D eigenvalue weighted by Gasteiger charge is 2.10. The number of aromatic amines is 1. The lowest BCUT2D eigenvalue weighted by atomic mass is 10.1. The zero-order chi connectivity index (χ0) is 17.6. The number of fused-ring (bicyclic) bond motifs is 1. The van der Waals surface area contributed by atoms with E-state index < -0.39 is 0 Å². The summed E-state index contributed by atoms with van der Waals surface area (Å²) in [6.07, 6.45) is 3.93. The van der Waals surface area contributed by atoms with Crippen molar-refractivity contribution < 1.29 is 9.21 Å². The topological polar surface area (TPSA) is 88.0 Å². The van der Waals surface area contributed by atoms with Gasteiger partial charge in [0, 0.05) is 25.3 Å². The molecule has 130 valence electrons. The van der Waals surface area contributed by atoms with Gasteiger partial charge in [0.15, 0.2) is 0 Å². The van der Waals surface area contributed by atoms with Gasteiger partial charge in [0.2, 0.25) is 5.91 Å². The number of nitrogens with one attached hydrogen (secondary N) is 2. The maximum atomic E-state index is 12.1. The van der Waals surface area contributed by atoms with Crippen LogP contribution < -0.4 is 10.9 Å². The average molecular weight is 339 g/mol. The quantitative estimate of drug-likeness (QED) is 0.692. The summed E-state index contributed by atoms with van der Waals surface area (Å²) in [5.74, 6) is 1.39.